The highest BCUT2D eigenvalue weighted by atomic mass is 19.2. The van der Waals surface area contributed by atoms with Crippen LogP contribution >= 0.6 is 0 Å². The number of phenols is 1. The lowest BCUT2D eigenvalue weighted by atomic mass is 9.97. The second kappa shape index (κ2) is 8.22. The number of fused-ring (bicyclic) bond motifs is 1. The minimum Gasteiger partial charge on any atom is -0.505 e. The first-order valence-electron chi connectivity index (χ1n) is 9.37. The Morgan fingerprint density at radius 3 is 2.47 bits per heavy atom. The first-order chi connectivity index (χ1) is 14.2. The van der Waals surface area contributed by atoms with E-state index in [2.05, 4.69) is 0 Å². The van der Waals surface area contributed by atoms with Crippen LogP contribution in [0.1, 0.15) is 47.8 Å². The van der Waals surface area contributed by atoms with E-state index in [4.69, 9.17) is 4.74 Å². The summed E-state index contributed by atoms with van der Waals surface area (Å²) in [5.74, 6) is -6.22. The Kier molecular flexibility index (Phi) is 5.87. The minimum atomic E-state index is -1.20. The van der Waals surface area contributed by atoms with Gasteiger partial charge in [-0.3, -0.25) is 14.2 Å². The van der Waals surface area contributed by atoms with E-state index in [0.717, 1.165) is 28.8 Å². The zero-order valence-corrected chi connectivity index (χ0v) is 16.6. The quantitative estimate of drug-likeness (QED) is 0.602. The van der Waals surface area contributed by atoms with Crippen LogP contribution in [-0.4, -0.2) is 28.2 Å². The first kappa shape index (κ1) is 21.4. The summed E-state index contributed by atoms with van der Waals surface area (Å²) >= 11 is 0. The molecule has 0 radical (unpaired) electrons. The van der Waals surface area contributed by atoms with E-state index in [1.807, 2.05) is 6.92 Å². The van der Waals surface area contributed by atoms with Crippen molar-refractivity contribution in [3.63, 3.8) is 0 Å². The van der Waals surface area contributed by atoms with E-state index in [0.29, 0.717) is 6.42 Å². The molecule has 30 heavy (non-hydrogen) atoms. The predicted molar refractivity (Wildman–Crippen MR) is 104 cm³/mol. The molecule has 1 unspecified atom stereocenters. The Hall–Kier alpha value is -3.29. The lowest BCUT2D eigenvalue weighted by molar-refractivity contribution is -0.145. The molecule has 1 N–H and O–H groups in total. The van der Waals surface area contributed by atoms with Crippen LogP contribution in [-0.2, 0) is 9.53 Å². The SMILES string of the molecule is CCCOC(=O)C(C)c1c(C)n(C(=O)c2ccc(F)c(F)c2)c2ccc(O)c(F)c12. The van der Waals surface area contributed by atoms with Crippen LogP contribution in [0.2, 0.25) is 0 Å². The topological polar surface area (TPSA) is 68.5 Å². The summed E-state index contributed by atoms with van der Waals surface area (Å²) in [5.41, 5.74) is 0.332. The molecule has 1 aromatic heterocycles. The second-order valence-electron chi connectivity index (χ2n) is 6.95. The molecule has 1 atom stereocenters. The number of hydrogen-bond donors (Lipinski definition) is 1. The van der Waals surface area contributed by atoms with Crippen molar-refractivity contribution in [2.24, 2.45) is 0 Å². The van der Waals surface area contributed by atoms with Crippen LogP contribution in [0.25, 0.3) is 10.9 Å². The third-order valence-electron chi connectivity index (χ3n) is 4.94. The van der Waals surface area contributed by atoms with Gasteiger partial charge < -0.3 is 9.84 Å². The van der Waals surface area contributed by atoms with E-state index in [-0.39, 0.29) is 34.3 Å². The lowest BCUT2D eigenvalue weighted by Gasteiger charge is -2.13. The number of benzene rings is 2. The Bertz CT molecular complexity index is 1150. The van der Waals surface area contributed by atoms with Gasteiger partial charge >= 0.3 is 5.97 Å². The highest BCUT2D eigenvalue weighted by Gasteiger charge is 2.30. The van der Waals surface area contributed by atoms with Crippen molar-refractivity contribution in [2.45, 2.75) is 33.1 Å². The smallest absolute Gasteiger partial charge is 0.313 e. The molecule has 0 saturated heterocycles. The van der Waals surface area contributed by atoms with Crippen LogP contribution in [0, 0.1) is 24.4 Å². The molecule has 3 aromatic rings. The number of carbonyl (C=O) groups is 2. The van der Waals surface area contributed by atoms with Gasteiger partial charge in [-0.25, -0.2) is 13.2 Å². The fourth-order valence-electron chi connectivity index (χ4n) is 3.47. The molecule has 8 heteroatoms. The maximum Gasteiger partial charge on any atom is 0.313 e. The Morgan fingerprint density at radius 1 is 1.13 bits per heavy atom. The van der Waals surface area contributed by atoms with E-state index in [1.54, 1.807) is 0 Å². The summed E-state index contributed by atoms with van der Waals surface area (Å²) in [4.78, 5) is 25.5. The Morgan fingerprint density at radius 2 is 1.83 bits per heavy atom. The van der Waals surface area contributed by atoms with Crippen LogP contribution in [0.5, 0.6) is 5.75 Å². The predicted octanol–water partition coefficient (Wildman–Crippen LogP) is 4.82. The monoisotopic (exact) mass is 419 g/mol. The molecule has 3 rings (SSSR count). The van der Waals surface area contributed by atoms with Crippen molar-refractivity contribution in [3.8, 4) is 5.75 Å². The van der Waals surface area contributed by atoms with Crippen molar-refractivity contribution in [1.29, 1.82) is 0 Å². The standard InChI is InChI=1S/C22H20F3NO4/c1-4-9-30-22(29)11(2)18-12(3)26(16-7-8-17(27)20(25)19(16)18)21(28)13-5-6-14(23)15(24)10-13/h5-8,10-11,27H,4,9H2,1-3H3. The molecule has 1 heterocycles. The zero-order chi connectivity index (χ0) is 22.2. The van der Waals surface area contributed by atoms with Gasteiger partial charge in [0.1, 0.15) is 0 Å². The molecule has 0 aliphatic heterocycles. The summed E-state index contributed by atoms with van der Waals surface area (Å²) in [5, 5.41) is 9.74. The fourth-order valence-corrected chi connectivity index (χ4v) is 3.47. The number of aromatic hydroxyl groups is 1. The molecular formula is C22H20F3NO4. The van der Waals surface area contributed by atoms with E-state index in [1.165, 1.54) is 19.9 Å². The van der Waals surface area contributed by atoms with Crippen molar-refractivity contribution >= 4 is 22.8 Å². The van der Waals surface area contributed by atoms with Crippen LogP contribution < -0.4 is 0 Å². The van der Waals surface area contributed by atoms with Gasteiger partial charge in [0.15, 0.2) is 23.2 Å². The lowest BCUT2D eigenvalue weighted by Crippen LogP contribution is -2.17. The third kappa shape index (κ3) is 3.53. The van der Waals surface area contributed by atoms with Crippen LogP contribution in [0.15, 0.2) is 30.3 Å². The van der Waals surface area contributed by atoms with Crippen molar-refractivity contribution in [2.75, 3.05) is 6.61 Å². The minimum absolute atomic E-state index is 0.0858. The summed E-state index contributed by atoms with van der Waals surface area (Å²) in [6.07, 6.45) is 0.600. The molecule has 158 valence electrons. The number of aromatic nitrogens is 1. The summed E-state index contributed by atoms with van der Waals surface area (Å²) < 4.78 is 48.1. The number of carbonyl (C=O) groups excluding carboxylic acids is 2. The number of phenolic OH excluding ortho intramolecular Hbond substituents is 1. The maximum absolute atomic E-state index is 14.9. The molecule has 0 saturated carbocycles. The van der Waals surface area contributed by atoms with Gasteiger partial charge in [-0.2, -0.15) is 0 Å². The summed E-state index contributed by atoms with van der Waals surface area (Å²) in [6, 6.07) is 5.09. The summed E-state index contributed by atoms with van der Waals surface area (Å²) in [7, 11) is 0. The van der Waals surface area contributed by atoms with Crippen molar-refractivity contribution in [1.82, 2.24) is 4.57 Å². The van der Waals surface area contributed by atoms with E-state index >= 15 is 0 Å². The molecule has 2 aromatic carbocycles. The van der Waals surface area contributed by atoms with Gasteiger partial charge in [0.05, 0.1) is 18.0 Å². The van der Waals surface area contributed by atoms with Crippen molar-refractivity contribution in [3.05, 3.63) is 64.6 Å². The van der Waals surface area contributed by atoms with E-state index < -0.39 is 41.0 Å². The molecule has 0 aliphatic rings. The van der Waals surface area contributed by atoms with Crippen molar-refractivity contribution < 1.29 is 32.6 Å². The van der Waals surface area contributed by atoms with Crippen LogP contribution in [0.3, 0.4) is 0 Å². The van der Waals surface area contributed by atoms with Gasteiger partial charge in [0, 0.05) is 16.6 Å². The van der Waals surface area contributed by atoms with Gasteiger partial charge in [0.2, 0.25) is 0 Å². The maximum atomic E-state index is 14.9. The second-order valence-corrected chi connectivity index (χ2v) is 6.95. The average molecular weight is 419 g/mol. The average Bonchev–Trinajstić information content (AvgIpc) is 3.02. The molecule has 0 fully saturated rings. The molecular weight excluding hydrogens is 399 g/mol. The first-order valence-corrected chi connectivity index (χ1v) is 9.37. The van der Waals surface area contributed by atoms with Gasteiger partial charge in [-0.1, -0.05) is 6.92 Å². The molecule has 0 bridgehead atoms. The van der Waals surface area contributed by atoms with E-state index in [9.17, 15) is 27.9 Å². The normalized spacial score (nSPS) is 12.2. The highest BCUT2D eigenvalue weighted by molar-refractivity contribution is 6.05. The highest BCUT2D eigenvalue weighted by Crippen LogP contribution is 2.37. The number of nitrogens with zero attached hydrogens (tertiary/aromatic N) is 1. The fraction of sp³-hybridized carbons (Fsp3) is 0.273. The summed E-state index contributed by atoms with van der Waals surface area (Å²) in [6.45, 7) is 5.03. The number of hydrogen-bond acceptors (Lipinski definition) is 4. The number of rotatable bonds is 5. The van der Waals surface area contributed by atoms with Crippen LogP contribution in [0.4, 0.5) is 13.2 Å². The molecule has 0 spiro atoms. The molecule has 5 nitrogen and oxygen atoms in total. The molecule has 0 amide bonds. The zero-order valence-electron chi connectivity index (χ0n) is 16.6. The number of esters is 1. The van der Waals surface area contributed by atoms with Gasteiger partial charge in [-0.05, 0) is 56.2 Å². The Balaban J connectivity index is 2.24. The largest absolute Gasteiger partial charge is 0.505 e. The number of halogens is 3. The number of ether oxygens (including phenoxy) is 1. The van der Waals surface area contributed by atoms with Gasteiger partial charge in [-0.15, -0.1) is 0 Å². The third-order valence-corrected chi connectivity index (χ3v) is 4.94. The Labute approximate surface area is 170 Å². The molecule has 0 aliphatic carbocycles. The van der Waals surface area contributed by atoms with Gasteiger partial charge in [0.25, 0.3) is 5.91 Å².